The van der Waals surface area contributed by atoms with Gasteiger partial charge >= 0.3 is 0 Å². The topological polar surface area (TPSA) is 29.5 Å². The molecule has 1 aliphatic heterocycles. The van der Waals surface area contributed by atoms with E-state index in [-0.39, 0.29) is 5.91 Å². The number of benzene rings is 2. The van der Waals surface area contributed by atoms with Gasteiger partial charge in [-0.1, -0.05) is 52.3 Å². The Balaban J connectivity index is 1.94. The monoisotopic (exact) mass is 401 g/mol. The minimum absolute atomic E-state index is 0.114. The van der Waals surface area contributed by atoms with E-state index in [2.05, 4.69) is 22.0 Å². The minimum atomic E-state index is -0.616. The van der Waals surface area contributed by atoms with Crippen molar-refractivity contribution in [3.05, 3.63) is 59.7 Å². The van der Waals surface area contributed by atoms with Crippen LogP contribution in [0.15, 0.2) is 48.5 Å². The number of carbonyl (C=O) groups is 1. The third-order valence-electron chi connectivity index (χ3n) is 4.94. The number of carbonyl (C=O) groups excluding carboxylic acids is 1. The van der Waals surface area contributed by atoms with Gasteiger partial charge in [-0.05, 0) is 43.9 Å². The van der Waals surface area contributed by atoms with Gasteiger partial charge in [-0.25, -0.2) is 0 Å². The van der Waals surface area contributed by atoms with E-state index in [4.69, 9.17) is 4.74 Å². The predicted octanol–water partition coefficient (Wildman–Crippen LogP) is 4.72. The molecule has 2 aromatic carbocycles. The van der Waals surface area contributed by atoms with Crippen LogP contribution >= 0.6 is 15.9 Å². The number of hydrogen-bond donors (Lipinski definition) is 0. The molecule has 4 heteroatoms. The maximum absolute atomic E-state index is 13.2. The number of likely N-dealkylation sites (N-methyl/N-ethyl adjacent to an activating group) is 1. The van der Waals surface area contributed by atoms with Gasteiger partial charge in [0.2, 0.25) is 5.91 Å². The van der Waals surface area contributed by atoms with Gasteiger partial charge in [-0.3, -0.25) is 4.79 Å². The highest BCUT2D eigenvalue weighted by Gasteiger charge is 2.44. The van der Waals surface area contributed by atoms with E-state index in [1.165, 1.54) is 5.56 Å². The van der Waals surface area contributed by atoms with E-state index in [9.17, 15) is 4.79 Å². The van der Waals surface area contributed by atoms with Gasteiger partial charge in [-0.2, -0.15) is 0 Å². The summed E-state index contributed by atoms with van der Waals surface area (Å²) in [6.07, 6.45) is 2.76. The van der Waals surface area contributed by atoms with Gasteiger partial charge in [0.15, 0.2) is 0 Å². The van der Waals surface area contributed by atoms with Crippen LogP contribution in [0.5, 0.6) is 5.75 Å². The van der Waals surface area contributed by atoms with E-state index in [1.54, 1.807) is 4.90 Å². The molecule has 0 spiro atoms. The Bertz CT molecular complexity index is 761. The van der Waals surface area contributed by atoms with Crippen LogP contribution in [0.25, 0.3) is 0 Å². The summed E-state index contributed by atoms with van der Waals surface area (Å²) in [5.41, 5.74) is 2.55. The average Bonchev–Trinajstić information content (AvgIpc) is 2.64. The molecule has 1 atom stereocenters. The van der Waals surface area contributed by atoms with Gasteiger partial charge in [-0.15, -0.1) is 0 Å². The summed E-state index contributed by atoms with van der Waals surface area (Å²) >= 11 is 3.45. The zero-order valence-corrected chi connectivity index (χ0v) is 16.4. The number of fused-ring (bicyclic) bond motifs is 1. The van der Waals surface area contributed by atoms with Gasteiger partial charge < -0.3 is 9.64 Å². The largest absolute Gasteiger partial charge is 0.493 e. The first kappa shape index (κ1) is 18.0. The van der Waals surface area contributed by atoms with Crippen LogP contribution in [0, 0.1) is 0 Å². The molecule has 1 unspecified atom stereocenters. The molecule has 0 bridgehead atoms. The highest BCUT2D eigenvalue weighted by atomic mass is 79.9. The van der Waals surface area contributed by atoms with Crippen molar-refractivity contribution in [2.45, 2.75) is 31.6 Å². The van der Waals surface area contributed by atoms with Crippen molar-refractivity contribution >= 4 is 27.5 Å². The molecule has 1 amide bonds. The second-order valence-electron chi connectivity index (χ2n) is 6.74. The number of amides is 1. The number of para-hydroxylation sites is 2. The number of anilines is 1. The van der Waals surface area contributed by atoms with E-state index in [1.807, 2.05) is 56.4 Å². The first-order valence-electron chi connectivity index (χ1n) is 8.72. The number of ether oxygens (including phenoxy) is 1. The van der Waals surface area contributed by atoms with Crippen LogP contribution in [0.4, 0.5) is 5.69 Å². The molecule has 25 heavy (non-hydrogen) atoms. The molecule has 0 saturated heterocycles. The van der Waals surface area contributed by atoms with E-state index in [0.29, 0.717) is 13.0 Å². The number of rotatable bonds is 6. The molecule has 0 aromatic heterocycles. The first-order valence-corrected chi connectivity index (χ1v) is 9.84. The molecule has 3 nitrogen and oxygen atoms in total. The number of hydrogen-bond acceptors (Lipinski definition) is 2. The molecule has 0 fully saturated rings. The molecule has 2 aromatic rings. The molecule has 0 saturated carbocycles. The third kappa shape index (κ3) is 3.45. The van der Waals surface area contributed by atoms with Crippen molar-refractivity contribution in [1.82, 2.24) is 0 Å². The van der Waals surface area contributed by atoms with Crippen LogP contribution < -0.4 is 9.64 Å². The normalized spacial score (nSPS) is 19.6. The summed E-state index contributed by atoms with van der Waals surface area (Å²) in [4.78, 5) is 15.0. The van der Waals surface area contributed by atoms with Crippen molar-refractivity contribution in [1.29, 1.82) is 0 Å². The molecule has 1 aliphatic rings. The average molecular weight is 402 g/mol. The lowest BCUT2D eigenvalue weighted by Gasteiger charge is -2.39. The van der Waals surface area contributed by atoms with Gasteiger partial charge in [0.05, 0.1) is 12.0 Å². The smallest absolute Gasteiger partial charge is 0.237 e. The fraction of sp³-hybridized carbons (Fsp3) is 0.381. The molecule has 0 aliphatic carbocycles. The van der Waals surface area contributed by atoms with Crippen molar-refractivity contribution < 1.29 is 9.53 Å². The number of nitrogens with zero attached hydrogens (tertiary/aromatic N) is 1. The first-order chi connectivity index (χ1) is 12.1. The Kier molecular flexibility index (Phi) is 5.48. The summed E-state index contributed by atoms with van der Waals surface area (Å²) in [6.45, 7) is 2.70. The zero-order valence-electron chi connectivity index (χ0n) is 14.8. The number of halogens is 1. The molecule has 3 rings (SSSR count). The van der Waals surface area contributed by atoms with Crippen LogP contribution in [0.2, 0.25) is 0 Å². The van der Waals surface area contributed by atoms with Gasteiger partial charge in [0.25, 0.3) is 0 Å². The van der Waals surface area contributed by atoms with Gasteiger partial charge in [0, 0.05) is 23.6 Å². The summed E-state index contributed by atoms with van der Waals surface area (Å²) in [5.74, 6) is 0.934. The lowest BCUT2D eigenvalue weighted by Crippen LogP contribution is -2.48. The Hall–Kier alpha value is -1.81. The number of alkyl halides is 1. The summed E-state index contributed by atoms with van der Waals surface area (Å²) in [7, 11) is 1.86. The van der Waals surface area contributed by atoms with Crippen LogP contribution in [0.3, 0.4) is 0 Å². The van der Waals surface area contributed by atoms with E-state index >= 15 is 0 Å². The van der Waals surface area contributed by atoms with Gasteiger partial charge in [0.1, 0.15) is 5.75 Å². The predicted molar refractivity (Wildman–Crippen MR) is 106 cm³/mol. The summed E-state index contributed by atoms with van der Waals surface area (Å²) in [6, 6.07) is 16.1. The zero-order chi connectivity index (χ0) is 17.9. The highest BCUT2D eigenvalue weighted by molar-refractivity contribution is 9.09. The standard InChI is InChI=1S/C21H24BrNO2/c1-21(15-16-9-3-5-11-18(16)23(2)20(21)24)17-10-4-6-12-19(17)25-14-8-7-13-22/h3-6,9-12H,7-8,13-15H2,1-2H3. The maximum atomic E-state index is 13.2. The highest BCUT2D eigenvalue weighted by Crippen LogP contribution is 2.42. The second-order valence-corrected chi connectivity index (χ2v) is 7.54. The Morgan fingerprint density at radius 3 is 2.64 bits per heavy atom. The quantitative estimate of drug-likeness (QED) is 0.517. The van der Waals surface area contributed by atoms with Crippen LogP contribution in [-0.2, 0) is 16.6 Å². The number of unbranched alkanes of at least 4 members (excludes halogenated alkanes) is 1. The molecule has 132 valence electrons. The SMILES string of the molecule is CN1C(=O)C(C)(c2ccccc2OCCCCBr)Cc2ccccc21. The Morgan fingerprint density at radius 1 is 1.12 bits per heavy atom. The maximum Gasteiger partial charge on any atom is 0.237 e. The molecule has 1 heterocycles. The Labute approximate surface area is 158 Å². The fourth-order valence-corrected chi connectivity index (χ4v) is 3.96. The molecule has 0 radical (unpaired) electrons. The minimum Gasteiger partial charge on any atom is -0.493 e. The summed E-state index contributed by atoms with van der Waals surface area (Å²) in [5, 5.41) is 0.982. The van der Waals surface area contributed by atoms with Crippen molar-refractivity contribution in [3.8, 4) is 5.75 Å². The molecular weight excluding hydrogens is 378 g/mol. The third-order valence-corrected chi connectivity index (χ3v) is 5.50. The lowest BCUT2D eigenvalue weighted by atomic mass is 9.73. The van der Waals surface area contributed by atoms with E-state index < -0.39 is 5.41 Å². The summed E-state index contributed by atoms with van der Waals surface area (Å²) < 4.78 is 6.04. The van der Waals surface area contributed by atoms with Crippen LogP contribution in [0.1, 0.15) is 30.9 Å². The van der Waals surface area contributed by atoms with E-state index in [0.717, 1.165) is 35.2 Å². The van der Waals surface area contributed by atoms with Crippen molar-refractivity contribution in [2.75, 3.05) is 23.9 Å². The fourth-order valence-electron chi connectivity index (χ4n) is 3.56. The molecular formula is C21H24BrNO2. The van der Waals surface area contributed by atoms with Crippen LogP contribution in [-0.4, -0.2) is 24.9 Å². The Morgan fingerprint density at radius 2 is 1.84 bits per heavy atom. The lowest BCUT2D eigenvalue weighted by molar-refractivity contribution is -0.123. The molecule has 0 N–H and O–H groups in total. The van der Waals surface area contributed by atoms with Crippen molar-refractivity contribution in [2.24, 2.45) is 0 Å². The second kappa shape index (κ2) is 7.61. The van der Waals surface area contributed by atoms with Crippen molar-refractivity contribution in [3.63, 3.8) is 0 Å².